The van der Waals surface area contributed by atoms with Gasteiger partial charge in [0.05, 0.1) is 11.4 Å². The minimum Gasteiger partial charge on any atom is -0.435 e. The van der Waals surface area contributed by atoms with Gasteiger partial charge in [-0.3, -0.25) is 24.5 Å². The number of aryl methyl sites for hydroxylation is 1. The summed E-state index contributed by atoms with van der Waals surface area (Å²) >= 11 is 1.13. The maximum atomic E-state index is 12.5. The van der Waals surface area contributed by atoms with E-state index in [0.717, 1.165) is 28.6 Å². The summed E-state index contributed by atoms with van der Waals surface area (Å²) in [4.78, 5) is 28.9. The van der Waals surface area contributed by atoms with Crippen LogP contribution in [0, 0.1) is 6.92 Å². The van der Waals surface area contributed by atoms with Crippen LogP contribution < -0.4 is 10.1 Å². The molecule has 0 spiro atoms. The number of imide groups is 1. The summed E-state index contributed by atoms with van der Waals surface area (Å²) in [5.41, 5.74) is 2.78. The van der Waals surface area contributed by atoms with Crippen LogP contribution >= 0.6 is 11.8 Å². The van der Waals surface area contributed by atoms with E-state index in [1.807, 2.05) is 47.9 Å². The lowest BCUT2D eigenvalue weighted by Crippen LogP contribution is -2.31. The van der Waals surface area contributed by atoms with E-state index < -0.39 is 18.4 Å². The first-order valence-corrected chi connectivity index (χ1v) is 11.3. The molecule has 0 aliphatic rings. The maximum absolute atomic E-state index is 12.5. The maximum Gasteiger partial charge on any atom is 0.387 e. The first kappa shape index (κ1) is 24.0. The van der Waals surface area contributed by atoms with Gasteiger partial charge in [0.2, 0.25) is 5.91 Å². The van der Waals surface area contributed by atoms with Gasteiger partial charge in [-0.2, -0.15) is 8.78 Å². The van der Waals surface area contributed by atoms with E-state index in [1.54, 1.807) is 12.4 Å². The van der Waals surface area contributed by atoms with Gasteiger partial charge in [0.15, 0.2) is 11.0 Å². The van der Waals surface area contributed by atoms with Gasteiger partial charge in [-0.25, -0.2) is 0 Å². The van der Waals surface area contributed by atoms with Gasteiger partial charge >= 0.3 is 6.61 Å². The van der Waals surface area contributed by atoms with Gasteiger partial charge < -0.3 is 4.74 Å². The molecule has 35 heavy (non-hydrogen) atoms. The second kappa shape index (κ2) is 10.9. The summed E-state index contributed by atoms with van der Waals surface area (Å²) in [5.74, 6) is -0.793. The van der Waals surface area contributed by atoms with Crippen LogP contribution in [0.4, 0.5) is 8.78 Å². The van der Waals surface area contributed by atoms with Gasteiger partial charge in [-0.1, -0.05) is 30.0 Å². The van der Waals surface area contributed by atoms with Crippen LogP contribution in [0.5, 0.6) is 5.75 Å². The molecule has 0 radical (unpaired) electrons. The third-order valence-corrected chi connectivity index (χ3v) is 5.78. The Hall–Kier alpha value is -4.12. The topological polar surface area (TPSA) is 99.0 Å². The Labute approximate surface area is 203 Å². The van der Waals surface area contributed by atoms with Gasteiger partial charge in [0.1, 0.15) is 5.75 Å². The number of amides is 2. The number of hydrogen-bond donors (Lipinski definition) is 1. The van der Waals surface area contributed by atoms with E-state index in [9.17, 15) is 18.4 Å². The van der Waals surface area contributed by atoms with Crippen molar-refractivity contribution in [1.82, 2.24) is 25.1 Å². The molecule has 2 amide bonds. The largest absolute Gasteiger partial charge is 0.435 e. The highest BCUT2D eigenvalue weighted by Crippen LogP contribution is 2.29. The fourth-order valence-corrected chi connectivity index (χ4v) is 3.98. The molecule has 2 aromatic carbocycles. The standard InChI is InChI=1S/C24H19F2N5O3S/c1-15-4-2-3-5-19(15)31-21(16-10-12-27-13-11-16)29-30-24(31)35-14-20(32)28-22(33)17-6-8-18(9-7-17)34-23(25)26/h2-13,23H,14H2,1H3,(H,28,32,33). The Morgan fingerprint density at radius 3 is 2.43 bits per heavy atom. The van der Waals surface area contributed by atoms with E-state index in [0.29, 0.717) is 11.0 Å². The molecule has 0 aliphatic carbocycles. The van der Waals surface area contributed by atoms with Crippen molar-refractivity contribution in [3.05, 3.63) is 84.2 Å². The van der Waals surface area contributed by atoms with E-state index >= 15 is 0 Å². The van der Waals surface area contributed by atoms with Crippen LogP contribution in [0.15, 0.2) is 78.2 Å². The van der Waals surface area contributed by atoms with Gasteiger partial charge in [-0.05, 0) is 55.0 Å². The number of thioether (sulfide) groups is 1. The number of alkyl halides is 2. The molecule has 2 heterocycles. The highest BCUT2D eigenvalue weighted by Gasteiger charge is 2.19. The molecule has 1 N–H and O–H groups in total. The number of carbonyl (C=O) groups is 2. The molecular formula is C24H19F2N5O3S. The van der Waals surface area contributed by atoms with Crippen molar-refractivity contribution in [3.8, 4) is 22.8 Å². The second-order valence-electron chi connectivity index (χ2n) is 7.23. The lowest BCUT2D eigenvalue weighted by Gasteiger charge is -2.12. The summed E-state index contributed by atoms with van der Waals surface area (Å²) in [7, 11) is 0. The molecule has 8 nitrogen and oxygen atoms in total. The first-order chi connectivity index (χ1) is 16.9. The molecule has 0 bridgehead atoms. The Morgan fingerprint density at radius 2 is 1.74 bits per heavy atom. The first-order valence-electron chi connectivity index (χ1n) is 10.4. The number of halogens is 2. The minimum atomic E-state index is -2.96. The van der Waals surface area contributed by atoms with Crippen molar-refractivity contribution in [2.75, 3.05) is 5.75 Å². The molecule has 4 rings (SSSR count). The van der Waals surface area contributed by atoms with Gasteiger partial charge in [0, 0.05) is 23.5 Å². The van der Waals surface area contributed by atoms with Crippen molar-refractivity contribution in [1.29, 1.82) is 0 Å². The predicted molar refractivity (Wildman–Crippen MR) is 126 cm³/mol. The summed E-state index contributed by atoms with van der Waals surface area (Å²) in [6, 6.07) is 16.4. The van der Waals surface area contributed by atoms with Crippen molar-refractivity contribution in [3.63, 3.8) is 0 Å². The smallest absolute Gasteiger partial charge is 0.387 e. The molecule has 0 saturated carbocycles. The van der Waals surface area contributed by atoms with Gasteiger partial charge in [-0.15, -0.1) is 10.2 Å². The average Bonchev–Trinajstić information content (AvgIpc) is 3.27. The molecule has 11 heteroatoms. The van der Waals surface area contributed by atoms with Crippen LogP contribution in [0.3, 0.4) is 0 Å². The summed E-state index contributed by atoms with van der Waals surface area (Å²) in [6.45, 7) is -1.00. The fourth-order valence-electron chi connectivity index (χ4n) is 3.24. The summed E-state index contributed by atoms with van der Waals surface area (Å²) < 4.78 is 30.6. The number of nitrogens with one attached hydrogen (secondary N) is 1. The van der Waals surface area contributed by atoms with Crippen LogP contribution in [0.25, 0.3) is 17.1 Å². The number of ether oxygens (including phenoxy) is 1. The Bertz CT molecular complexity index is 1330. The highest BCUT2D eigenvalue weighted by atomic mass is 32.2. The zero-order chi connectivity index (χ0) is 24.8. The molecule has 0 atom stereocenters. The second-order valence-corrected chi connectivity index (χ2v) is 8.18. The predicted octanol–water partition coefficient (Wildman–Crippen LogP) is 4.29. The van der Waals surface area contributed by atoms with Crippen molar-refractivity contribution in [2.24, 2.45) is 0 Å². The molecule has 0 saturated heterocycles. The van der Waals surface area contributed by atoms with E-state index in [1.165, 1.54) is 24.3 Å². The number of carbonyl (C=O) groups excluding carboxylic acids is 2. The van der Waals surface area contributed by atoms with Crippen molar-refractivity contribution < 1.29 is 23.1 Å². The van der Waals surface area contributed by atoms with Crippen LogP contribution in [0.1, 0.15) is 15.9 Å². The number of aromatic nitrogens is 4. The molecule has 0 unspecified atom stereocenters. The molecular weight excluding hydrogens is 476 g/mol. The molecule has 4 aromatic rings. The van der Waals surface area contributed by atoms with E-state index in [4.69, 9.17) is 0 Å². The quantitative estimate of drug-likeness (QED) is 0.364. The summed E-state index contributed by atoms with van der Waals surface area (Å²) in [5, 5.41) is 11.3. The highest BCUT2D eigenvalue weighted by molar-refractivity contribution is 7.99. The number of hydrogen-bond acceptors (Lipinski definition) is 7. The lowest BCUT2D eigenvalue weighted by molar-refractivity contribution is -0.117. The number of rotatable bonds is 8. The van der Waals surface area contributed by atoms with Crippen LogP contribution in [-0.4, -0.2) is 43.9 Å². The van der Waals surface area contributed by atoms with Crippen molar-refractivity contribution >= 4 is 23.6 Å². The molecule has 2 aromatic heterocycles. The zero-order valence-electron chi connectivity index (χ0n) is 18.4. The number of nitrogens with zero attached hydrogens (tertiary/aromatic N) is 4. The van der Waals surface area contributed by atoms with Crippen LogP contribution in [0.2, 0.25) is 0 Å². The normalized spacial score (nSPS) is 10.9. The Kier molecular flexibility index (Phi) is 7.46. The number of para-hydroxylation sites is 1. The SMILES string of the molecule is Cc1ccccc1-n1c(SCC(=O)NC(=O)c2ccc(OC(F)F)cc2)nnc1-c1ccncc1. The fraction of sp³-hybridized carbons (Fsp3) is 0.125. The van der Waals surface area contributed by atoms with E-state index in [-0.39, 0.29) is 17.1 Å². The number of pyridine rings is 1. The molecule has 0 fully saturated rings. The molecule has 178 valence electrons. The number of benzene rings is 2. The van der Waals surface area contributed by atoms with Gasteiger partial charge in [0.25, 0.3) is 5.91 Å². The lowest BCUT2D eigenvalue weighted by atomic mass is 10.2. The molecule has 0 aliphatic heterocycles. The Balaban J connectivity index is 1.49. The average molecular weight is 496 g/mol. The Morgan fingerprint density at radius 1 is 1.03 bits per heavy atom. The zero-order valence-corrected chi connectivity index (χ0v) is 19.2. The third-order valence-electron chi connectivity index (χ3n) is 4.86. The van der Waals surface area contributed by atoms with Crippen LogP contribution in [-0.2, 0) is 4.79 Å². The third kappa shape index (κ3) is 5.87. The van der Waals surface area contributed by atoms with E-state index in [2.05, 4.69) is 25.2 Å². The van der Waals surface area contributed by atoms with Crippen molar-refractivity contribution in [2.45, 2.75) is 18.7 Å². The summed E-state index contributed by atoms with van der Waals surface area (Å²) in [6.07, 6.45) is 3.31. The minimum absolute atomic E-state index is 0.0843. The monoisotopic (exact) mass is 495 g/mol.